The van der Waals surface area contributed by atoms with Crippen molar-refractivity contribution in [3.05, 3.63) is 0 Å². The third-order valence-corrected chi connectivity index (χ3v) is 3.19. The summed E-state index contributed by atoms with van der Waals surface area (Å²) in [6.45, 7) is 1.31. The maximum atomic E-state index is 9.91. The van der Waals surface area contributed by atoms with Gasteiger partial charge in [-0.1, -0.05) is 12.2 Å². The van der Waals surface area contributed by atoms with Crippen LogP contribution in [0.15, 0.2) is 0 Å². The predicted molar refractivity (Wildman–Crippen MR) is 66.4 cm³/mol. The monoisotopic (exact) mass is 237 g/mol. The maximum Gasteiger partial charge on any atom is 0.133 e. The molecule has 0 fully saturated rings. The van der Waals surface area contributed by atoms with E-state index in [9.17, 15) is 5.11 Å². The quantitative estimate of drug-likeness (QED) is 0.473. The molecule has 0 aliphatic heterocycles. The van der Waals surface area contributed by atoms with E-state index in [1.165, 1.54) is 11.8 Å². The van der Waals surface area contributed by atoms with Crippen LogP contribution in [0.2, 0.25) is 0 Å². The van der Waals surface area contributed by atoms with Crippen molar-refractivity contribution in [3.8, 4) is 0 Å². The molecule has 0 heterocycles. The lowest BCUT2D eigenvalue weighted by Gasteiger charge is -2.26. The van der Waals surface area contributed by atoms with Gasteiger partial charge in [0.2, 0.25) is 0 Å². The molecule has 6 heteroatoms. The van der Waals surface area contributed by atoms with E-state index in [1.807, 2.05) is 6.26 Å². The normalized spacial score (nSPS) is 14.9. The Hall–Kier alpha value is 0.120. The highest BCUT2D eigenvalue weighted by molar-refractivity contribution is 8.22. The van der Waals surface area contributed by atoms with Crippen LogP contribution in [0.25, 0.3) is 0 Å². The molecule has 0 aliphatic carbocycles. The van der Waals surface area contributed by atoms with Crippen LogP contribution in [0.3, 0.4) is 0 Å². The fourth-order valence-corrected chi connectivity index (χ4v) is 1.42. The number of thioether (sulfide) groups is 1. The molecule has 0 aromatic heterocycles. The minimum Gasteiger partial charge on any atom is -0.388 e. The summed E-state index contributed by atoms with van der Waals surface area (Å²) in [6, 6.07) is 0. The van der Waals surface area contributed by atoms with Crippen LogP contribution in [-0.2, 0) is 0 Å². The number of hydrogen-bond acceptors (Lipinski definition) is 5. The van der Waals surface area contributed by atoms with E-state index in [-0.39, 0.29) is 6.54 Å². The molecular formula is C8H19N3OS2. The second-order valence-electron chi connectivity index (χ2n) is 3.14. The van der Waals surface area contributed by atoms with Crippen LogP contribution in [0.1, 0.15) is 12.8 Å². The summed E-state index contributed by atoms with van der Waals surface area (Å²) in [5.41, 5.74) is 10.0. The second kappa shape index (κ2) is 7.42. The molecule has 0 bridgehead atoms. The Morgan fingerprint density at radius 1 is 1.50 bits per heavy atom. The molecule has 0 radical (unpaired) electrons. The summed E-state index contributed by atoms with van der Waals surface area (Å²) in [7, 11) is 0. The Labute approximate surface area is 94.8 Å². The molecule has 6 N–H and O–H groups in total. The van der Waals surface area contributed by atoms with Crippen LogP contribution in [0.4, 0.5) is 0 Å². The summed E-state index contributed by atoms with van der Waals surface area (Å²) in [6.07, 6.45) is 3.00. The molecule has 1 unspecified atom stereocenters. The first-order chi connectivity index (χ1) is 6.58. The summed E-state index contributed by atoms with van der Waals surface area (Å²) < 4.78 is 0.733. The van der Waals surface area contributed by atoms with E-state index in [1.54, 1.807) is 0 Å². The number of hydrogen-bond donors (Lipinski definition) is 4. The number of rotatable bonds is 6. The highest BCUT2D eigenvalue weighted by Gasteiger charge is 2.23. The SMILES string of the molecule is CSC(=S)NCCC(O)(CN)CCN. The van der Waals surface area contributed by atoms with Crippen LogP contribution >= 0.6 is 24.0 Å². The molecule has 4 nitrogen and oxygen atoms in total. The Morgan fingerprint density at radius 2 is 2.14 bits per heavy atom. The van der Waals surface area contributed by atoms with E-state index in [4.69, 9.17) is 23.7 Å². The lowest BCUT2D eigenvalue weighted by atomic mass is 9.96. The van der Waals surface area contributed by atoms with Gasteiger partial charge in [0, 0.05) is 13.1 Å². The first-order valence-corrected chi connectivity index (χ1v) is 6.15. The van der Waals surface area contributed by atoms with Gasteiger partial charge in [0.15, 0.2) is 0 Å². The van der Waals surface area contributed by atoms with Crippen molar-refractivity contribution < 1.29 is 5.11 Å². The van der Waals surface area contributed by atoms with Gasteiger partial charge in [-0.25, -0.2) is 0 Å². The number of nitrogens with one attached hydrogen (secondary N) is 1. The molecule has 14 heavy (non-hydrogen) atoms. The first-order valence-electron chi connectivity index (χ1n) is 4.52. The summed E-state index contributed by atoms with van der Waals surface area (Å²) >= 11 is 6.44. The molecule has 0 spiro atoms. The van der Waals surface area contributed by atoms with Crippen LogP contribution < -0.4 is 16.8 Å². The zero-order valence-corrected chi connectivity index (χ0v) is 10.1. The largest absolute Gasteiger partial charge is 0.388 e. The minimum atomic E-state index is -0.851. The van der Waals surface area contributed by atoms with Crippen LogP contribution in [0, 0.1) is 0 Å². The molecule has 0 rings (SSSR count). The molecule has 0 saturated heterocycles. The van der Waals surface area contributed by atoms with E-state index in [2.05, 4.69) is 5.32 Å². The highest BCUT2D eigenvalue weighted by atomic mass is 32.2. The van der Waals surface area contributed by atoms with Gasteiger partial charge in [0.05, 0.1) is 5.60 Å². The highest BCUT2D eigenvalue weighted by Crippen LogP contribution is 2.12. The Kier molecular flexibility index (Phi) is 7.48. The first kappa shape index (κ1) is 14.1. The fraction of sp³-hybridized carbons (Fsp3) is 0.875. The number of aliphatic hydroxyl groups is 1. The van der Waals surface area contributed by atoms with Crippen molar-refractivity contribution in [2.75, 3.05) is 25.9 Å². The summed E-state index contributed by atoms with van der Waals surface area (Å²) in [5.74, 6) is 0. The molecule has 0 aliphatic rings. The van der Waals surface area contributed by atoms with Crippen molar-refractivity contribution in [2.45, 2.75) is 18.4 Å². The summed E-state index contributed by atoms with van der Waals surface area (Å²) in [4.78, 5) is 0. The second-order valence-corrected chi connectivity index (χ2v) is 4.62. The van der Waals surface area contributed by atoms with Crippen molar-refractivity contribution in [1.29, 1.82) is 0 Å². The van der Waals surface area contributed by atoms with Gasteiger partial charge in [0.1, 0.15) is 4.32 Å². The maximum absolute atomic E-state index is 9.91. The van der Waals surface area contributed by atoms with Crippen molar-refractivity contribution >= 4 is 28.3 Å². The van der Waals surface area contributed by atoms with Gasteiger partial charge in [-0.3, -0.25) is 0 Å². The fourth-order valence-electron chi connectivity index (χ4n) is 1.07. The standard InChI is InChI=1S/C8H19N3OS2/c1-14-7(13)11-5-3-8(12,6-10)2-4-9/h12H,2-6,9-10H2,1H3,(H,11,13). The lowest BCUT2D eigenvalue weighted by molar-refractivity contribution is 0.0355. The molecule has 1 atom stereocenters. The van der Waals surface area contributed by atoms with E-state index >= 15 is 0 Å². The Bertz CT molecular complexity index is 180. The predicted octanol–water partition coefficient (Wildman–Crippen LogP) is -0.347. The van der Waals surface area contributed by atoms with Gasteiger partial charge in [-0.2, -0.15) is 0 Å². The van der Waals surface area contributed by atoms with Crippen molar-refractivity contribution in [2.24, 2.45) is 11.5 Å². The molecule has 0 aromatic carbocycles. The molecule has 0 saturated carbocycles. The third kappa shape index (κ3) is 5.77. The van der Waals surface area contributed by atoms with Crippen LogP contribution in [0.5, 0.6) is 0 Å². The average Bonchev–Trinajstić information content (AvgIpc) is 2.18. The number of thiocarbonyl (C=S) groups is 1. The Balaban J connectivity index is 3.77. The topological polar surface area (TPSA) is 84.3 Å². The molecular weight excluding hydrogens is 218 g/mol. The van der Waals surface area contributed by atoms with Gasteiger partial charge in [0.25, 0.3) is 0 Å². The average molecular weight is 237 g/mol. The van der Waals surface area contributed by atoms with E-state index in [0.717, 1.165) is 4.32 Å². The van der Waals surface area contributed by atoms with Gasteiger partial charge in [-0.15, -0.1) is 11.8 Å². The van der Waals surface area contributed by atoms with Gasteiger partial charge in [-0.05, 0) is 25.6 Å². The van der Waals surface area contributed by atoms with E-state index < -0.39 is 5.60 Å². The molecule has 0 amide bonds. The van der Waals surface area contributed by atoms with Gasteiger partial charge >= 0.3 is 0 Å². The lowest BCUT2D eigenvalue weighted by Crippen LogP contribution is -2.42. The summed E-state index contributed by atoms with van der Waals surface area (Å²) in [5, 5.41) is 12.9. The minimum absolute atomic E-state index is 0.234. The molecule has 84 valence electrons. The van der Waals surface area contributed by atoms with Gasteiger partial charge < -0.3 is 21.9 Å². The number of nitrogens with two attached hydrogens (primary N) is 2. The zero-order chi connectivity index (χ0) is 11.0. The smallest absolute Gasteiger partial charge is 0.133 e. The molecule has 0 aromatic rings. The zero-order valence-electron chi connectivity index (χ0n) is 8.45. The van der Waals surface area contributed by atoms with E-state index in [0.29, 0.717) is 25.9 Å². The Morgan fingerprint density at radius 3 is 2.57 bits per heavy atom. The third-order valence-electron chi connectivity index (χ3n) is 2.03. The van der Waals surface area contributed by atoms with Crippen LogP contribution in [-0.4, -0.2) is 40.9 Å². The van der Waals surface area contributed by atoms with Crippen molar-refractivity contribution in [3.63, 3.8) is 0 Å². The van der Waals surface area contributed by atoms with Crippen molar-refractivity contribution in [1.82, 2.24) is 5.32 Å².